The number of nitrogens with zero attached hydrogens (tertiary/aromatic N) is 5. The van der Waals surface area contributed by atoms with Crippen LogP contribution >= 0.6 is 11.3 Å². The van der Waals surface area contributed by atoms with E-state index in [0.29, 0.717) is 19.7 Å². The molecule has 8 nitrogen and oxygen atoms in total. The Morgan fingerprint density at radius 1 is 1.22 bits per heavy atom. The summed E-state index contributed by atoms with van der Waals surface area (Å²) in [6.07, 6.45) is 3.20. The molecule has 9 heteroatoms. The normalized spacial score (nSPS) is 18.1. The zero-order chi connectivity index (χ0) is 19.1. The minimum Gasteiger partial charge on any atom is -0.450 e. The molecule has 0 bridgehead atoms. The number of thiazole rings is 1. The van der Waals surface area contributed by atoms with Crippen molar-refractivity contribution in [3.05, 3.63) is 11.1 Å². The number of piperazine rings is 1. The smallest absolute Gasteiger partial charge is 0.409 e. The fraction of sp³-hybridized carbons (Fsp3) is 0.722. The van der Waals surface area contributed by atoms with Crippen molar-refractivity contribution in [1.82, 2.24) is 20.1 Å². The summed E-state index contributed by atoms with van der Waals surface area (Å²) in [5, 5.41) is 6.75. The van der Waals surface area contributed by atoms with Crippen LogP contribution in [0.2, 0.25) is 0 Å². The second kappa shape index (κ2) is 9.77. The first-order valence-corrected chi connectivity index (χ1v) is 10.7. The molecule has 0 unspecified atom stereocenters. The fourth-order valence-corrected chi connectivity index (χ4v) is 4.33. The molecule has 1 N–H and O–H groups in total. The first-order valence-electron chi connectivity index (χ1n) is 9.78. The highest BCUT2D eigenvalue weighted by Crippen LogP contribution is 2.24. The van der Waals surface area contributed by atoms with E-state index in [0.717, 1.165) is 55.9 Å². The van der Waals surface area contributed by atoms with Crippen LogP contribution < -0.4 is 10.2 Å². The zero-order valence-electron chi connectivity index (χ0n) is 16.3. The Kier molecular flexibility index (Phi) is 7.14. The van der Waals surface area contributed by atoms with Gasteiger partial charge in [0, 0.05) is 64.7 Å². The molecule has 2 saturated heterocycles. The Labute approximate surface area is 165 Å². The summed E-state index contributed by atoms with van der Waals surface area (Å²) in [7, 11) is 1.80. The second-order valence-electron chi connectivity index (χ2n) is 6.71. The second-order valence-corrected chi connectivity index (χ2v) is 7.55. The van der Waals surface area contributed by atoms with Gasteiger partial charge in [-0.05, 0) is 19.8 Å². The summed E-state index contributed by atoms with van der Waals surface area (Å²) in [6.45, 7) is 8.14. The molecular formula is C18H30N6O2S. The van der Waals surface area contributed by atoms with Crippen molar-refractivity contribution in [2.45, 2.75) is 26.2 Å². The lowest BCUT2D eigenvalue weighted by Gasteiger charge is -2.35. The van der Waals surface area contributed by atoms with Gasteiger partial charge in [-0.1, -0.05) is 0 Å². The Morgan fingerprint density at radius 2 is 1.93 bits per heavy atom. The molecule has 0 spiro atoms. The number of nitrogens with one attached hydrogen (secondary N) is 1. The van der Waals surface area contributed by atoms with Crippen LogP contribution in [-0.2, 0) is 11.2 Å². The van der Waals surface area contributed by atoms with Gasteiger partial charge in [0.15, 0.2) is 11.1 Å². The standard InChI is InChI=1S/C18H30N6O2S/c1-3-26-18(25)24-12-10-22(11-13-24)16(19-2)20-7-6-15-14-27-17(21-15)23-8-4-5-9-23/h14H,3-13H2,1-2H3,(H,19,20). The molecule has 3 rings (SSSR count). The predicted molar refractivity (Wildman–Crippen MR) is 109 cm³/mol. The first-order chi connectivity index (χ1) is 13.2. The molecule has 2 aliphatic rings. The van der Waals surface area contributed by atoms with Gasteiger partial charge in [-0.2, -0.15) is 0 Å². The number of aromatic nitrogens is 1. The average Bonchev–Trinajstić information content (AvgIpc) is 3.37. The maximum Gasteiger partial charge on any atom is 0.409 e. The molecule has 0 radical (unpaired) electrons. The van der Waals surface area contributed by atoms with Crippen LogP contribution in [0.5, 0.6) is 0 Å². The van der Waals surface area contributed by atoms with Crippen LogP contribution in [0.3, 0.4) is 0 Å². The third-order valence-electron chi connectivity index (χ3n) is 4.90. The number of anilines is 1. The summed E-state index contributed by atoms with van der Waals surface area (Å²) in [6, 6.07) is 0. The van der Waals surface area contributed by atoms with Crippen molar-refractivity contribution in [3.8, 4) is 0 Å². The molecule has 1 aromatic rings. The summed E-state index contributed by atoms with van der Waals surface area (Å²) >= 11 is 1.74. The number of hydrogen-bond donors (Lipinski definition) is 1. The third-order valence-corrected chi connectivity index (χ3v) is 5.85. The van der Waals surface area contributed by atoms with Gasteiger partial charge in [0.25, 0.3) is 0 Å². The highest BCUT2D eigenvalue weighted by molar-refractivity contribution is 7.13. The molecule has 3 heterocycles. The quantitative estimate of drug-likeness (QED) is 0.605. The van der Waals surface area contributed by atoms with Crippen molar-refractivity contribution >= 4 is 28.5 Å². The number of carbonyl (C=O) groups is 1. The summed E-state index contributed by atoms with van der Waals surface area (Å²) in [5.41, 5.74) is 1.14. The fourth-order valence-electron chi connectivity index (χ4n) is 3.42. The monoisotopic (exact) mass is 394 g/mol. The van der Waals surface area contributed by atoms with Gasteiger partial charge in [0.2, 0.25) is 0 Å². The SMILES string of the molecule is CCOC(=O)N1CCN(C(=NC)NCCc2csc(N3CCCC3)n2)CC1. The summed E-state index contributed by atoms with van der Waals surface area (Å²) in [5.74, 6) is 0.883. The maximum absolute atomic E-state index is 11.8. The molecule has 1 amide bonds. The highest BCUT2D eigenvalue weighted by atomic mass is 32.1. The van der Waals surface area contributed by atoms with Crippen molar-refractivity contribution < 1.29 is 9.53 Å². The lowest BCUT2D eigenvalue weighted by atomic mass is 10.3. The minimum atomic E-state index is -0.225. The van der Waals surface area contributed by atoms with Crippen molar-refractivity contribution in [2.24, 2.45) is 4.99 Å². The van der Waals surface area contributed by atoms with E-state index in [4.69, 9.17) is 9.72 Å². The van der Waals surface area contributed by atoms with Gasteiger partial charge < -0.3 is 24.8 Å². The van der Waals surface area contributed by atoms with Crippen molar-refractivity contribution in [3.63, 3.8) is 0 Å². The van der Waals surface area contributed by atoms with Gasteiger partial charge in [0.1, 0.15) is 0 Å². The van der Waals surface area contributed by atoms with Crippen LogP contribution in [-0.4, -0.2) is 86.3 Å². The molecule has 2 aliphatic heterocycles. The molecule has 27 heavy (non-hydrogen) atoms. The first kappa shape index (κ1) is 19.7. The molecule has 150 valence electrons. The maximum atomic E-state index is 11.8. The number of rotatable bonds is 5. The van der Waals surface area contributed by atoms with Crippen LogP contribution in [0.4, 0.5) is 9.93 Å². The number of guanidine groups is 1. The van der Waals surface area contributed by atoms with E-state index >= 15 is 0 Å². The largest absolute Gasteiger partial charge is 0.450 e. The van der Waals surface area contributed by atoms with Crippen LogP contribution in [0.1, 0.15) is 25.5 Å². The van der Waals surface area contributed by atoms with Crippen LogP contribution in [0.25, 0.3) is 0 Å². The van der Waals surface area contributed by atoms with Gasteiger partial charge in [-0.25, -0.2) is 9.78 Å². The number of amides is 1. The van der Waals surface area contributed by atoms with Gasteiger partial charge in [0.05, 0.1) is 12.3 Å². The lowest BCUT2D eigenvalue weighted by molar-refractivity contribution is 0.0915. The Bertz CT molecular complexity index is 636. The molecule has 0 aliphatic carbocycles. The van der Waals surface area contributed by atoms with Gasteiger partial charge >= 0.3 is 6.09 Å². The topological polar surface area (TPSA) is 73.3 Å². The highest BCUT2D eigenvalue weighted by Gasteiger charge is 2.23. The zero-order valence-corrected chi connectivity index (χ0v) is 17.1. The van der Waals surface area contributed by atoms with E-state index in [1.54, 1.807) is 23.3 Å². The van der Waals surface area contributed by atoms with Gasteiger partial charge in [-0.3, -0.25) is 4.99 Å². The van der Waals surface area contributed by atoms with Crippen molar-refractivity contribution in [2.75, 3.05) is 64.4 Å². The summed E-state index contributed by atoms with van der Waals surface area (Å²) < 4.78 is 5.07. The van der Waals surface area contributed by atoms with E-state index < -0.39 is 0 Å². The van der Waals surface area contributed by atoms with Crippen LogP contribution in [0.15, 0.2) is 10.4 Å². The van der Waals surface area contributed by atoms with E-state index in [-0.39, 0.29) is 6.09 Å². The average molecular weight is 395 g/mol. The Hall–Kier alpha value is -2.03. The number of ether oxygens (including phenoxy) is 1. The van der Waals surface area contributed by atoms with E-state index in [9.17, 15) is 4.79 Å². The van der Waals surface area contributed by atoms with E-state index in [1.165, 1.54) is 12.8 Å². The Balaban J connectivity index is 1.41. The minimum absolute atomic E-state index is 0.225. The number of carbonyl (C=O) groups excluding carboxylic acids is 1. The molecule has 0 aromatic carbocycles. The molecular weight excluding hydrogens is 364 g/mol. The van der Waals surface area contributed by atoms with E-state index in [1.807, 2.05) is 6.92 Å². The lowest BCUT2D eigenvalue weighted by Crippen LogP contribution is -2.54. The van der Waals surface area contributed by atoms with Crippen LogP contribution in [0, 0.1) is 0 Å². The Morgan fingerprint density at radius 3 is 2.59 bits per heavy atom. The number of hydrogen-bond acceptors (Lipinski definition) is 6. The number of aliphatic imine (C=N–C) groups is 1. The van der Waals surface area contributed by atoms with Crippen molar-refractivity contribution in [1.29, 1.82) is 0 Å². The molecule has 0 saturated carbocycles. The molecule has 1 aromatic heterocycles. The van der Waals surface area contributed by atoms with E-state index in [2.05, 4.69) is 25.5 Å². The van der Waals surface area contributed by atoms with Gasteiger partial charge in [-0.15, -0.1) is 11.3 Å². The predicted octanol–water partition coefficient (Wildman–Crippen LogP) is 1.64. The third kappa shape index (κ3) is 5.24. The molecule has 2 fully saturated rings. The summed E-state index contributed by atoms with van der Waals surface area (Å²) in [4.78, 5) is 27.3. The molecule has 0 atom stereocenters.